The molecule has 1 fully saturated rings. The predicted molar refractivity (Wildman–Crippen MR) is 65.0 cm³/mol. The monoisotopic (exact) mass is 305 g/mol. The molecule has 96 valence electrons. The topological polar surface area (TPSA) is 90.6 Å². The molecule has 10 heteroatoms. The molecule has 1 aliphatic rings. The molecule has 0 radical (unpaired) electrons. The van der Waals surface area contributed by atoms with Crippen molar-refractivity contribution in [1.82, 2.24) is 24.4 Å². The minimum atomic E-state index is -3.90. The second-order valence-corrected chi connectivity index (χ2v) is 7.25. The van der Waals surface area contributed by atoms with Crippen LogP contribution in [0.15, 0.2) is 5.16 Å². The minimum Gasteiger partial charge on any atom is -0.293 e. The summed E-state index contributed by atoms with van der Waals surface area (Å²) in [6, 6.07) is 0.0972. The molecule has 0 bridgehead atoms. The van der Waals surface area contributed by atoms with E-state index in [-0.39, 0.29) is 11.2 Å². The van der Waals surface area contributed by atoms with Crippen LogP contribution in [-0.2, 0) is 9.05 Å². The molecule has 2 aromatic rings. The lowest BCUT2D eigenvalue weighted by molar-refractivity contribution is 0.579. The Kier molecular flexibility index (Phi) is 2.65. The SMILES string of the molecule is Cc1nnsc1-c1nnc(S(=O)(=O)Cl)n1C1CC1. The number of hydrogen-bond acceptors (Lipinski definition) is 7. The van der Waals surface area contributed by atoms with Crippen LogP contribution in [0.3, 0.4) is 0 Å². The van der Waals surface area contributed by atoms with E-state index < -0.39 is 9.05 Å². The summed E-state index contributed by atoms with van der Waals surface area (Å²) in [5, 5.41) is 11.3. The van der Waals surface area contributed by atoms with Crippen LogP contribution >= 0.6 is 22.2 Å². The Labute approximate surface area is 111 Å². The van der Waals surface area contributed by atoms with Crippen molar-refractivity contribution < 1.29 is 8.42 Å². The van der Waals surface area contributed by atoms with Gasteiger partial charge in [0.15, 0.2) is 5.82 Å². The van der Waals surface area contributed by atoms with Gasteiger partial charge in [-0.1, -0.05) is 4.49 Å². The first-order valence-corrected chi connectivity index (χ1v) is 8.25. The van der Waals surface area contributed by atoms with Gasteiger partial charge in [-0.15, -0.1) is 15.3 Å². The molecular weight excluding hydrogens is 298 g/mol. The zero-order valence-corrected chi connectivity index (χ0v) is 11.6. The van der Waals surface area contributed by atoms with Gasteiger partial charge >= 0.3 is 0 Å². The van der Waals surface area contributed by atoms with E-state index in [9.17, 15) is 8.42 Å². The van der Waals surface area contributed by atoms with Crippen molar-refractivity contribution in [2.75, 3.05) is 0 Å². The van der Waals surface area contributed by atoms with E-state index in [2.05, 4.69) is 19.8 Å². The molecule has 0 aromatic carbocycles. The molecule has 0 atom stereocenters. The Balaban J connectivity index is 2.23. The van der Waals surface area contributed by atoms with Gasteiger partial charge in [-0.3, -0.25) is 4.57 Å². The van der Waals surface area contributed by atoms with Crippen molar-refractivity contribution in [2.24, 2.45) is 0 Å². The summed E-state index contributed by atoms with van der Waals surface area (Å²) < 4.78 is 28.3. The molecule has 0 aliphatic heterocycles. The van der Waals surface area contributed by atoms with E-state index >= 15 is 0 Å². The standard InChI is InChI=1S/C8H8ClN5O2S2/c1-4-6(17-13-10-4)7-11-12-8(18(9,15)16)14(7)5-2-3-5/h5H,2-3H2,1H3. The Morgan fingerprint density at radius 2 is 2.06 bits per heavy atom. The zero-order valence-electron chi connectivity index (χ0n) is 9.24. The van der Waals surface area contributed by atoms with E-state index in [1.54, 1.807) is 11.5 Å². The van der Waals surface area contributed by atoms with Gasteiger partial charge in [-0.05, 0) is 31.3 Å². The van der Waals surface area contributed by atoms with Crippen molar-refractivity contribution in [3.63, 3.8) is 0 Å². The van der Waals surface area contributed by atoms with Crippen molar-refractivity contribution in [1.29, 1.82) is 0 Å². The van der Waals surface area contributed by atoms with Crippen molar-refractivity contribution >= 4 is 31.3 Å². The largest absolute Gasteiger partial charge is 0.296 e. The van der Waals surface area contributed by atoms with Crippen LogP contribution in [0.2, 0.25) is 0 Å². The number of hydrogen-bond donors (Lipinski definition) is 0. The minimum absolute atomic E-state index is 0.0972. The highest BCUT2D eigenvalue weighted by Gasteiger charge is 2.35. The maximum atomic E-state index is 11.5. The highest BCUT2D eigenvalue weighted by atomic mass is 35.7. The van der Waals surface area contributed by atoms with Crippen LogP contribution in [0.4, 0.5) is 0 Å². The third-order valence-electron chi connectivity index (χ3n) is 2.65. The van der Waals surface area contributed by atoms with Crippen molar-refractivity contribution in [2.45, 2.75) is 31.0 Å². The summed E-state index contributed by atoms with van der Waals surface area (Å²) in [5.74, 6) is 0.476. The highest BCUT2D eigenvalue weighted by molar-refractivity contribution is 8.13. The van der Waals surface area contributed by atoms with Gasteiger partial charge in [-0.25, -0.2) is 8.42 Å². The number of rotatable bonds is 3. The molecule has 0 N–H and O–H groups in total. The lowest BCUT2D eigenvalue weighted by Crippen LogP contribution is -2.06. The number of aromatic nitrogens is 5. The summed E-state index contributed by atoms with van der Waals surface area (Å²) in [6.07, 6.45) is 1.80. The fourth-order valence-electron chi connectivity index (χ4n) is 1.70. The van der Waals surface area contributed by atoms with Crippen LogP contribution in [0.25, 0.3) is 10.7 Å². The van der Waals surface area contributed by atoms with Crippen molar-refractivity contribution in [3.8, 4) is 10.7 Å². The average Bonchev–Trinajstić information content (AvgIpc) is 2.86. The van der Waals surface area contributed by atoms with Crippen molar-refractivity contribution in [3.05, 3.63) is 5.69 Å². The van der Waals surface area contributed by atoms with E-state index in [1.807, 2.05) is 0 Å². The maximum absolute atomic E-state index is 11.5. The number of nitrogens with zero attached hydrogens (tertiary/aromatic N) is 5. The van der Waals surface area contributed by atoms with Gasteiger partial charge in [0, 0.05) is 16.7 Å². The maximum Gasteiger partial charge on any atom is 0.296 e. The molecular formula is C8H8ClN5O2S2. The molecule has 2 aromatic heterocycles. The molecule has 0 spiro atoms. The van der Waals surface area contributed by atoms with Gasteiger partial charge in [0.05, 0.1) is 5.69 Å². The van der Waals surface area contributed by atoms with Crippen LogP contribution in [-0.4, -0.2) is 32.8 Å². The summed E-state index contributed by atoms with van der Waals surface area (Å²) >= 11 is 1.16. The average molecular weight is 306 g/mol. The quantitative estimate of drug-likeness (QED) is 0.795. The molecule has 0 saturated heterocycles. The molecule has 1 saturated carbocycles. The van der Waals surface area contributed by atoms with Crippen LogP contribution in [0.1, 0.15) is 24.6 Å². The second-order valence-electron chi connectivity index (χ2n) is 4.03. The molecule has 3 rings (SSSR count). The molecule has 7 nitrogen and oxygen atoms in total. The normalized spacial score (nSPS) is 16.1. The first kappa shape index (κ1) is 12.0. The summed E-state index contributed by atoms with van der Waals surface area (Å²) in [5.41, 5.74) is 0.702. The van der Waals surface area contributed by atoms with Gasteiger partial charge in [0.25, 0.3) is 14.2 Å². The second kappa shape index (κ2) is 3.97. The fourth-order valence-corrected chi connectivity index (χ4v) is 3.26. The first-order valence-electron chi connectivity index (χ1n) is 5.17. The van der Waals surface area contributed by atoms with Crippen LogP contribution < -0.4 is 0 Å². The fraction of sp³-hybridized carbons (Fsp3) is 0.500. The molecule has 0 unspecified atom stereocenters. The molecule has 0 amide bonds. The van der Waals surface area contributed by atoms with Gasteiger partial charge in [0.1, 0.15) is 4.88 Å². The Morgan fingerprint density at radius 3 is 2.56 bits per heavy atom. The Hall–Kier alpha value is -1.06. The Morgan fingerprint density at radius 1 is 1.33 bits per heavy atom. The smallest absolute Gasteiger partial charge is 0.293 e. The number of aryl methyl sites for hydroxylation is 1. The first-order chi connectivity index (χ1) is 8.48. The summed E-state index contributed by atoms with van der Waals surface area (Å²) in [7, 11) is 1.47. The molecule has 1 aliphatic carbocycles. The summed E-state index contributed by atoms with van der Waals surface area (Å²) in [4.78, 5) is 0.723. The van der Waals surface area contributed by atoms with Gasteiger partial charge < -0.3 is 0 Å². The molecule has 18 heavy (non-hydrogen) atoms. The van der Waals surface area contributed by atoms with E-state index in [0.717, 1.165) is 29.3 Å². The molecule has 2 heterocycles. The third kappa shape index (κ3) is 1.91. The highest BCUT2D eigenvalue weighted by Crippen LogP contribution is 2.41. The zero-order chi connectivity index (χ0) is 12.9. The van der Waals surface area contributed by atoms with E-state index in [1.165, 1.54) is 0 Å². The van der Waals surface area contributed by atoms with Gasteiger partial charge in [0.2, 0.25) is 0 Å². The van der Waals surface area contributed by atoms with Crippen LogP contribution in [0.5, 0.6) is 0 Å². The lowest BCUT2D eigenvalue weighted by Gasteiger charge is -2.05. The van der Waals surface area contributed by atoms with Gasteiger partial charge in [-0.2, -0.15) is 0 Å². The Bertz CT molecular complexity index is 703. The lowest BCUT2D eigenvalue weighted by atomic mass is 10.4. The van der Waals surface area contributed by atoms with E-state index in [0.29, 0.717) is 11.5 Å². The van der Waals surface area contributed by atoms with Crippen LogP contribution in [0, 0.1) is 6.92 Å². The third-order valence-corrected chi connectivity index (χ3v) is 4.60. The van der Waals surface area contributed by atoms with E-state index in [4.69, 9.17) is 10.7 Å². The summed E-state index contributed by atoms with van der Waals surface area (Å²) in [6.45, 7) is 1.79. The number of halogens is 1. The predicted octanol–water partition coefficient (Wildman–Crippen LogP) is 1.37.